The molecule has 0 saturated carbocycles. The normalized spacial score (nSPS) is 11.4. The molecular weight excluding hydrogens is 394 g/mol. The third-order valence-corrected chi connectivity index (χ3v) is 5.66. The molecule has 0 unspecified atom stereocenters. The zero-order valence-electron chi connectivity index (χ0n) is 15.6. The van der Waals surface area contributed by atoms with E-state index in [0.29, 0.717) is 23.0 Å². The summed E-state index contributed by atoms with van der Waals surface area (Å²) in [5, 5.41) is 11.0. The molecule has 11 heteroatoms. The second-order valence-corrected chi connectivity index (χ2v) is 7.79. The predicted octanol–water partition coefficient (Wildman–Crippen LogP) is 2.81. The molecule has 0 radical (unpaired) electrons. The number of rotatable bonds is 6. The first-order chi connectivity index (χ1) is 13.9. The van der Waals surface area contributed by atoms with Gasteiger partial charge in [-0.05, 0) is 44.2 Å². The first kappa shape index (κ1) is 18.6. The smallest absolute Gasteiger partial charge is 0.267 e. The minimum absolute atomic E-state index is 0.0480. The molecule has 0 saturated heterocycles. The zero-order chi connectivity index (χ0) is 20.4. The molecule has 0 fully saturated rings. The Balaban J connectivity index is 1.50. The molecule has 0 spiro atoms. The van der Waals surface area contributed by atoms with Crippen LogP contribution in [0.3, 0.4) is 0 Å². The van der Waals surface area contributed by atoms with Gasteiger partial charge in [0.15, 0.2) is 16.5 Å². The first-order valence-electron chi connectivity index (χ1n) is 8.57. The van der Waals surface area contributed by atoms with Crippen LogP contribution >= 0.6 is 0 Å². The highest BCUT2D eigenvalue weighted by Crippen LogP contribution is 2.24. The molecule has 0 amide bonds. The van der Waals surface area contributed by atoms with Crippen molar-refractivity contribution in [1.29, 1.82) is 0 Å². The number of aromatic nitrogens is 5. The lowest BCUT2D eigenvalue weighted by Gasteiger charge is -2.10. The Morgan fingerprint density at radius 3 is 2.48 bits per heavy atom. The van der Waals surface area contributed by atoms with Crippen LogP contribution in [0.2, 0.25) is 0 Å². The highest BCUT2D eigenvalue weighted by atomic mass is 32.2. The van der Waals surface area contributed by atoms with Gasteiger partial charge in [-0.2, -0.15) is 5.10 Å². The van der Waals surface area contributed by atoms with Crippen LogP contribution in [0.1, 0.15) is 11.5 Å². The molecule has 2 N–H and O–H groups in total. The zero-order valence-corrected chi connectivity index (χ0v) is 16.4. The standard InChI is InChI=1S/C18H17N7O3S/c1-12-18(13(2)28-23-12)29(26,27)24-15-6-4-14(5-7-15)22-16-10-17(20-11-19-16)25-9-3-8-21-25/h3-11,24H,1-2H3,(H,19,20,22). The van der Waals surface area contributed by atoms with Crippen molar-refractivity contribution in [3.8, 4) is 5.82 Å². The number of aryl methyl sites for hydroxylation is 2. The molecule has 1 aromatic carbocycles. The maximum absolute atomic E-state index is 12.6. The van der Waals surface area contributed by atoms with Crippen LogP contribution in [0.15, 0.2) is 64.5 Å². The number of benzene rings is 1. The van der Waals surface area contributed by atoms with Crippen molar-refractivity contribution >= 4 is 27.2 Å². The van der Waals surface area contributed by atoms with E-state index >= 15 is 0 Å². The van der Waals surface area contributed by atoms with Crippen LogP contribution in [0.4, 0.5) is 17.2 Å². The lowest BCUT2D eigenvalue weighted by molar-refractivity contribution is 0.390. The molecule has 0 bridgehead atoms. The summed E-state index contributed by atoms with van der Waals surface area (Å²) in [6.07, 6.45) is 4.88. The Labute approximate surface area is 166 Å². The SMILES string of the molecule is Cc1noc(C)c1S(=O)(=O)Nc1ccc(Nc2cc(-n3cccn3)ncn2)cc1. The number of anilines is 3. The number of hydrogen-bond acceptors (Lipinski definition) is 8. The Hall–Kier alpha value is -3.73. The summed E-state index contributed by atoms with van der Waals surface area (Å²) in [6.45, 7) is 3.14. The van der Waals surface area contributed by atoms with Gasteiger partial charge in [0.25, 0.3) is 10.0 Å². The highest BCUT2D eigenvalue weighted by molar-refractivity contribution is 7.92. The summed E-state index contributed by atoms with van der Waals surface area (Å²) < 4.78 is 34.3. The fourth-order valence-corrected chi connectivity index (χ4v) is 4.17. The Morgan fingerprint density at radius 2 is 1.83 bits per heavy atom. The predicted molar refractivity (Wildman–Crippen MR) is 106 cm³/mol. The lowest BCUT2D eigenvalue weighted by Crippen LogP contribution is -2.14. The minimum Gasteiger partial charge on any atom is -0.360 e. The van der Waals surface area contributed by atoms with Crippen molar-refractivity contribution < 1.29 is 12.9 Å². The topological polar surface area (TPSA) is 128 Å². The Bertz CT molecular complexity index is 1210. The third kappa shape index (κ3) is 3.94. The van der Waals surface area contributed by atoms with Gasteiger partial charge in [-0.3, -0.25) is 4.72 Å². The Kier molecular flexibility index (Phi) is 4.72. The molecule has 0 aliphatic heterocycles. The maximum Gasteiger partial charge on any atom is 0.267 e. The molecule has 0 aliphatic rings. The molecule has 0 aliphatic carbocycles. The van der Waals surface area contributed by atoms with E-state index in [1.807, 2.05) is 0 Å². The fraction of sp³-hybridized carbons (Fsp3) is 0.111. The highest BCUT2D eigenvalue weighted by Gasteiger charge is 2.24. The third-order valence-electron chi connectivity index (χ3n) is 4.04. The largest absolute Gasteiger partial charge is 0.360 e. The van der Waals surface area contributed by atoms with E-state index in [1.165, 1.54) is 6.33 Å². The van der Waals surface area contributed by atoms with E-state index in [1.54, 1.807) is 67.3 Å². The molecule has 29 heavy (non-hydrogen) atoms. The molecule has 0 atom stereocenters. The lowest BCUT2D eigenvalue weighted by atomic mass is 10.3. The number of hydrogen-bond donors (Lipinski definition) is 2. The average molecular weight is 411 g/mol. The molecule has 4 aromatic rings. The van der Waals surface area contributed by atoms with Gasteiger partial charge in [-0.1, -0.05) is 5.16 Å². The number of nitrogens with one attached hydrogen (secondary N) is 2. The van der Waals surface area contributed by atoms with Gasteiger partial charge in [-0.15, -0.1) is 0 Å². The molecular formula is C18H17N7O3S. The molecule has 10 nitrogen and oxygen atoms in total. The second-order valence-electron chi connectivity index (χ2n) is 6.17. The van der Waals surface area contributed by atoms with Crippen LogP contribution in [0.25, 0.3) is 5.82 Å². The van der Waals surface area contributed by atoms with E-state index in [0.717, 1.165) is 5.69 Å². The van der Waals surface area contributed by atoms with Gasteiger partial charge in [0.2, 0.25) is 0 Å². The monoisotopic (exact) mass is 411 g/mol. The molecule has 3 heterocycles. The summed E-state index contributed by atoms with van der Waals surface area (Å²) in [7, 11) is -3.79. The van der Waals surface area contributed by atoms with Crippen LogP contribution in [0.5, 0.6) is 0 Å². The molecule has 4 rings (SSSR count). The second kappa shape index (κ2) is 7.36. The van der Waals surface area contributed by atoms with Crippen LogP contribution < -0.4 is 10.0 Å². The maximum atomic E-state index is 12.6. The fourth-order valence-electron chi connectivity index (χ4n) is 2.78. The van der Waals surface area contributed by atoms with E-state index in [9.17, 15) is 8.42 Å². The minimum atomic E-state index is -3.79. The van der Waals surface area contributed by atoms with Gasteiger partial charge in [-0.25, -0.2) is 23.1 Å². The number of sulfonamides is 1. The molecule has 3 aromatic heterocycles. The van der Waals surface area contributed by atoms with Gasteiger partial charge in [0.05, 0.1) is 0 Å². The van der Waals surface area contributed by atoms with E-state index in [-0.39, 0.29) is 10.7 Å². The van der Waals surface area contributed by atoms with E-state index < -0.39 is 10.0 Å². The summed E-state index contributed by atoms with van der Waals surface area (Å²) in [4.78, 5) is 8.41. The summed E-state index contributed by atoms with van der Waals surface area (Å²) in [6, 6.07) is 10.3. The number of nitrogens with zero attached hydrogens (tertiary/aromatic N) is 5. The van der Waals surface area contributed by atoms with Crippen LogP contribution in [-0.2, 0) is 10.0 Å². The van der Waals surface area contributed by atoms with Crippen molar-refractivity contribution in [3.63, 3.8) is 0 Å². The van der Waals surface area contributed by atoms with Gasteiger partial charge >= 0.3 is 0 Å². The van der Waals surface area contributed by atoms with Crippen LogP contribution in [-0.4, -0.2) is 33.3 Å². The summed E-state index contributed by atoms with van der Waals surface area (Å²) >= 11 is 0. The van der Waals surface area contributed by atoms with Gasteiger partial charge in [0.1, 0.15) is 17.8 Å². The van der Waals surface area contributed by atoms with Crippen LogP contribution in [0, 0.1) is 13.8 Å². The summed E-state index contributed by atoms with van der Waals surface area (Å²) in [5.74, 6) is 1.44. The van der Waals surface area contributed by atoms with Crippen molar-refractivity contribution in [1.82, 2.24) is 24.9 Å². The van der Waals surface area contributed by atoms with E-state index in [2.05, 4.69) is 30.3 Å². The average Bonchev–Trinajstić information content (AvgIpc) is 3.34. The van der Waals surface area contributed by atoms with Crippen molar-refractivity contribution in [3.05, 3.63) is 66.6 Å². The van der Waals surface area contributed by atoms with Gasteiger partial charge in [0, 0.05) is 29.8 Å². The first-order valence-corrected chi connectivity index (χ1v) is 10.1. The van der Waals surface area contributed by atoms with Crippen molar-refractivity contribution in [2.75, 3.05) is 10.0 Å². The van der Waals surface area contributed by atoms with Gasteiger partial charge < -0.3 is 9.84 Å². The Morgan fingerprint density at radius 1 is 1.07 bits per heavy atom. The van der Waals surface area contributed by atoms with Crippen molar-refractivity contribution in [2.45, 2.75) is 18.7 Å². The quantitative estimate of drug-likeness (QED) is 0.496. The summed E-state index contributed by atoms with van der Waals surface area (Å²) in [5.41, 5.74) is 1.45. The molecule has 148 valence electrons. The van der Waals surface area contributed by atoms with E-state index in [4.69, 9.17) is 4.52 Å². The van der Waals surface area contributed by atoms with Crippen molar-refractivity contribution in [2.24, 2.45) is 0 Å².